The summed E-state index contributed by atoms with van der Waals surface area (Å²) in [6.07, 6.45) is -4.66. The minimum Gasteiger partial charge on any atom is -0.465 e. The zero-order chi connectivity index (χ0) is 24.9. The van der Waals surface area contributed by atoms with Crippen LogP contribution in [-0.2, 0) is 10.9 Å². The first-order valence-electron chi connectivity index (χ1n) is 9.61. The highest BCUT2D eigenvalue weighted by molar-refractivity contribution is 6.31. The van der Waals surface area contributed by atoms with Gasteiger partial charge in [0.05, 0.1) is 23.3 Å². The van der Waals surface area contributed by atoms with Crippen molar-refractivity contribution in [2.45, 2.75) is 6.18 Å². The van der Waals surface area contributed by atoms with Gasteiger partial charge in [-0.2, -0.15) is 13.2 Å². The summed E-state index contributed by atoms with van der Waals surface area (Å²) in [6.45, 7) is 0. The quantitative estimate of drug-likeness (QED) is 0.379. The normalized spacial score (nSPS) is 10.9. The second-order valence-corrected chi connectivity index (χ2v) is 7.28. The molecule has 3 aromatic rings. The molecule has 0 radical (unpaired) electrons. The smallest absolute Gasteiger partial charge is 0.417 e. The molecule has 0 aliphatic rings. The van der Waals surface area contributed by atoms with Gasteiger partial charge in [-0.25, -0.2) is 9.59 Å². The van der Waals surface area contributed by atoms with Crippen molar-refractivity contribution in [1.82, 2.24) is 0 Å². The van der Waals surface area contributed by atoms with Crippen LogP contribution in [0.1, 0.15) is 26.3 Å². The van der Waals surface area contributed by atoms with E-state index in [0.29, 0.717) is 11.4 Å². The summed E-state index contributed by atoms with van der Waals surface area (Å²) in [7, 11) is 1.24. The average Bonchev–Trinajstić information content (AvgIpc) is 2.80. The van der Waals surface area contributed by atoms with E-state index >= 15 is 0 Å². The van der Waals surface area contributed by atoms with Crippen molar-refractivity contribution in [3.05, 3.63) is 88.4 Å². The maximum absolute atomic E-state index is 13.0. The van der Waals surface area contributed by atoms with Crippen LogP contribution in [0.4, 0.5) is 35.0 Å². The van der Waals surface area contributed by atoms with Crippen LogP contribution in [0.25, 0.3) is 0 Å². The fraction of sp³-hybridized carbons (Fsp3) is 0.0870. The summed E-state index contributed by atoms with van der Waals surface area (Å²) in [5.74, 6) is -1.04. The Morgan fingerprint density at radius 1 is 0.794 bits per heavy atom. The zero-order valence-corrected chi connectivity index (χ0v) is 18.3. The maximum Gasteiger partial charge on any atom is 0.417 e. The van der Waals surface area contributed by atoms with Crippen molar-refractivity contribution < 1.29 is 32.3 Å². The van der Waals surface area contributed by atoms with E-state index in [1.807, 2.05) is 0 Å². The molecule has 0 saturated heterocycles. The van der Waals surface area contributed by atoms with Crippen molar-refractivity contribution in [3.8, 4) is 0 Å². The lowest BCUT2D eigenvalue weighted by atomic mass is 10.1. The van der Waals surface area contributed by atoms with Crippen LogP contribution in [0.15, 0.2) is 66.7 Å². The van der Waals surface area contributed by atoms with E-state index in [0.717, 1.165) is 12.1 Å². The van der Waals surface area contributed by atoms with Crippen molar-refractivity contribution in [3.63, 3.8) is 0 Å². The number of ether oxygens (including phenoxy) is 1. The Balaban J connectivity index is 1.61. The molecular weight excluding hydrogens is 475 g/mol. The molecule has 3 amide bonds. The van der Waals surface area contributed by atoms with Crippen LogP contribution in [0.3, 0.4) is 0 Å². The van der Waals surface area contributed by atoms with Gasteiger partial charge in [0.15, 0.2) is 0 Å². The molecule has 0 unspecified atom stereocenters. The SMILES string of the molecule is COC(=O)c1cccc(C(=O)Nc2ccc(NC(=O)Nc3ccc(Cl)c(C(F)(F)F)c3)cc2)c1. The van der Waals surface area contributed by atoms with Crippen molar-refractivity contribution in [2.24, 2.45) is 0 Å². The number of alkyl halides is 3. The Hall–Kier alpha value is -4.05. The number of carbonyl (C=O) groups is 3. The fourth-order valence-corrected chi connectivity index (χ4v) is 3.08. The van der Waals surface area contributed by atoms with E-state index in [4.69, 9.17) is 11.6 Å². The maximum atomic E-state index is 13.0. The van der Waals surface area contributed by atoms with Gasteiger partial charge in [-0.15, -0.1) is 0 Å². The predicted octanol–water partition coefficient (Wildman–Crippen LogP) is 6.04. The Morgan fingerprint density at radius 2 is 1.35 bits per heavy atom. The predicted molar refractivity (Wildman–Crippen MR) is 121 cm³/mol. The molecule has 11 heteroatoms. The van der Waals surface area contributed by atoms with E-state index in [1.54, 1.807) is 6.07 Å². The van der Waals surface area contributed by atoms with Crippen LogP contribution in [0.2, 0.25) is 5.02 Å². The third kappa shape index (κ3) is 6.26. The monoisotopic (exact) mass is 491 g/mol. The first kappa shape index (κ1) is 24.6. The number of methoxy groups -OCH3 is 1. The van der Waals surface area contributed by atoms with Gasteiger partial charge in [0, 0.05) is 22.6 Å². The molecule has 176 valence electrons. The first-order valence-corrected chi connectivity index (χ1v) is 9.99. The van der Waals surface area contributed by atoms with Gasteiger partial charge in [0.1, 0.15) is 0 Å². The first-order chi connectivity index (χ1) is 16.1. The molecule has 0 aliphatic heterocycles. The lowest BCUT2D eigenvalue weighted by Crippen LogP contribution is -2.20. The second kappa shape index (κ2) is 10.3. The van der Waals surface area contributed by atoms with E-state index in [1.165, 1.54) is 55.6 Å². The van der Waals surface area contributed by atoms with Crippen LogP contribution < -0.4 is 16.0 Å². The summed E-state index contributed by atoms with van der Waals surface area (Å²) in [5, 5.41) is 6.95. The second-order valence-electron chi connectivity index (χ2n) is 6.88. The average molecular weight is 492 g/mol. The number of carbonyl (C=O) groups excluding carboxylic acids is 3. The number of hydrogen-bond acceptors (Lipinski definition) is 4. The Kier molecular flexibility index (Phi) is 7.42. The molecule has 3 rings (SSSR count). The molecule has 0 aromatic heterocycles. The number of halogens is 4. The van der Waals surface area contributed by atoms with Gasteiger partial charge in [0.2, 0.25) is 0 Å². The van der Waals surface area contributed by atoms with Gasteiger partial charge in [-0.3, -0.25) is 4.79 Å². The summed E-state index contributed by atoms with van der Waals surface area (Å²) in [6, 6.07) is 14.2. The zero-order valence-electron chi connectivity index (χ0n) is 17.5. The van der Waals surface area contributed by atoms with Gasteiger partial charge >= 0.3 is 18.2 Å². The lowest BCUT2D eigenvalue weighted by Gasteiger charge is -2.12. The van der Waals surface area contributed by atoms with Crippen LogP contribution in [-0.4, -0.2) is 25.0 Å². The number of amides is 3. The molecule has 0 bridgehead atoms. The summed E-state index contributed by atoms with van der Waals surface area (Å²) >= 11 is 5.57. The minimum atomic E-state index is -4.66. The number of urea groups is 1. The van der Waals surface area contributed by atoms with Crippen LogP contribution in [0.5, 0.6) is 0 Å². The number of nitrogens with one attached hydrogen (secondary N) is 3. The van der Waals surface area contributed by atoms with Crippen LogP contribution in [0, 0.1) is 0 Å². The van der Waals surface area contributed by atoms with Crippen molar-refractivity contribution >= 4 is 46.6 Å². The molecule has 0 fully saturated rings. The fourth-order valence-electron chi connectivity index (χ4n) is 2.86. The molecule has 3 N–H and O–H groups in total. The summed E-state index contributed by atoms with van der Waals surface area (Å²) in [4.78, 5) is 36.2. The summed E-state index contributed by atoms with van der Waals surface area (Å²) in [5.41, 5.74) is 0.0473. The van der Waals surface area contributed by atoms with Gasteiger partial charge < -0.3 is 20.7 Å². The molecule has 0 saturated carbocycles. The Morgan fingerprint density at radius 3 is 1.97 bits per heavy atom. The van der Waals surface area contributed by atoms with Gasteiger partial charge in [0.25, 0.3) is 5.91 Å². The molecule has 34 heavy (non-hydrogen) atoms. The van der Waals surface area contributed by atoms with E-state index in [9.17, 15) is 27.6 Å². The van der Waals surface area contributed by atoms with Crippen LogP contribution >= 0.6 is 11.6 Å². The number of rotatable bonds is 5. The summed E-state index contributed by atoms with van der Waals surface area (Å²) < 4.78 is 43.5. The molecule has 0 heterocycles. The van der Waals surface area contributed by atoms with Gasteiger partial charge in [-0.1, -0.05) is 17.7 Å². The molecule has 0 spiro atoms. The van der Waals surface area contributed by atoms with E-state index in [-0.39, 0.29) is 16.8 Å². The molecule has 3 aromatic carbocycles. The highest BCUT2D eigenvalue weighted by Gasteiger charge is 2.33. The number of anilines is 3. The third-order valence-corrected chi connectivity index (χ3v) is 4.81. The minimum absolute atomic E-state index is 0.0905. The largest absolute Gasteiger partial charge is 0.465 e. The highest BCUT2D eigenvalue weighted by Crippen LogP contribution is 2.36. The lowest BCUT2D eigenvalue weighted by molar-refractivity contribution is -0.137. The topological polar surface area (TPSA) is 96.5 Å². The van der Waals surface area contributed by atoms with Crippen molar-refractivity contribution in [2.75, 3.05) is 23.1 Å². The van der Waals surface area contributed by atoms with E-state index < -0.39 is 34.7 Å². The Bertz CT molecular complexity index is 1230. The van der Waals surface area contributed by atoms with Crippen molar-refractivity contribution in [1.29, 1.82) is 0 Å². The molecule has 0 atom stereocenters. The number of hydrogen-bond donors (Lipinski definition) is 3. The molecule has 0 aliphatic carbocycles. The molecule has 7 nitrogen and oxygen atoms in total. The number of benzene rings is 3. The standard InChI is InChI=1S/C23H17ClF3N3O4/c1-34-21(32)14-4-2-3-13(11-14)20(31)28-15-5-7-16(8-6-15)29-22(33)30-17-9-10-19(24)18(12-17)23(25,26)27/h2-12H,1H3,(H,28,31)(H2,29,30,33). The van der Waals surface area contributed by atoms with E-state index in [2.05, 4.69) is 20.7 Å². The van der Waals surface area contributed by atoms with Gasteiger partial charge in [-0.05, 0) is 60.7 Å². The molecular formula is C23H17ClF3N3O4. The Labute approximate surface area is 196 Å². The number of esters is 1. The third-order valence-electron chi connectivity index (χ3n) is 4.48. The highest BCUT2D eigenvalue weighted by atomic mass is 35.5.